The molecule has 0 saturated heterocycles. The number of hydrogen-bond acceptors (Lipinski definition) is 5. The lowest BCUT2D eigenvalue weighted by molar-refractivity contribution is 0.594. The van der Waals surface area contributed by atoms with E-state index in [4.69, 9.17) is 0 Å². The summed E-state index contributed by atoms with van der Waals surface area (Å²) in [6.45, 7) is 4.56. The Bertz CT molecular complexity index is 1340. The molecule has 0 atom stereocenters. The Labute approximate surface area is 177 Å². The number of thioether (sulfide) groups is 1. The maximum atomic E-state index is 12.8. The number of rotatable bonds is 6. The molecule has 0 spiro atoms. The molecule has 1 aromatic carbocycles. The molecule has 0 amide bonds. The summed E-state index contributed by atoms with van der Waals surface area (Å²) in [6.07, 6.45) is 5.98. The number of aromatic nitrogens is 6. The third kappa shape index (κ3) is 3.39. The maximum absolute atomic E-state index is 12.8. The molecule has 3 heterocycles. The van der Waals surface area contributed by atoms with Gasteiger partial charge < -0.3 is 4.57 Å². The van der Waals surface area contributed by atoms with Gasteiger partial charge in [-0.3, -0.25) is 18.5 Å². The van der Waals surface area contributed by atoms with Crippen LogP contribution in [0.3, 0.4) is 0 Å². The predicted molar refractivity (Wildman–Crippen MR) is 119 cm³/mol. The van der Waals surface area contributed by atoms with Crippen molar-refractivity contribution in [2.24, 2.45) is 14.1 Å². The first kappa shape index (κ1) is 20.2. The Morgan fingerprint density at radius 3 is 2.70 bits per heavy atom. The van der Waals surface area contributed by atoms with Crippen molar-refractivity contribution in [3.8, 4) is 5.69 Å². The highest BCUT2D eigenvalue weighted by Crippen LogP contribution is 2.24. The summed E-state index contributed by atoms with van der Waals surface area (Å²) < 4.78 is 6.46. The van der Waals surface area contributed by atoms with Crippen LogP contribution < -0.4 is 11.2 Å². The predicted octanol–water partition coefficient (Wildman–Crippen LogP) is 2.42. The smallest absolute Gasteiger partial charge is 0.328 e. The molecule has 4 rings (SSSR count). The van der Waals surface area contributed by atoms with Crippen molar-refractivity contribution >= 4 is 22.9 Å². The van der Waals surface area contributed by atoms with E-state index in [1.165, 1.54) is 20.3 Å². The van der Waals surface area contributed by atoms with Crippen LogP contribution in [0.5, 0.6) is 0 Å². The van der Waals surface area contributed by atoms with E-state index in [0.717, 1.165) is 16.6 Å². The van der Waals surface area contributed by atoms with Crippen molar-refractivity contribution in [2.45, 2.75) is 32.0 Å². The fourth-order valence-corrected chi connectivity index (χ4v) is 4.45. The van der Waals surface area contributed by atoms with E-state index in [9.17, 15) is 9.59 Å². The van der Waals surface area contributed by atoms with E-state index in [1.807, 2.05) is 12.3 Å². The number of fused-ring (bicyclic) bond motifs is 1. The second kappa shape index (κ2) is 7.98. The highest BCUT2D eigenvalue weighted by Gasteiger charge is 2.15. The highest BCUT2D eigenvalue weighted by molar-refractivity contribution is 7.99. The van der Waals surface area contributed by atoms with E-state index in [-0.39, 0.29) is 11.2 Å². The molecule has 0 bridgehead atoms. The van der Waals surface area contributed by atoms with Crippen LogP contribution in [0, 0.1) is 13.8 Å². The Morgan fingerprint density at radius 1 is 1.10 bits per heavy atom. The van der Waals surface area contributed by atoms with Crippen molar-refractivity contribution in [1.29, 1.82) is 0 Å². The molecule has 0 aliphatic carbocycles. The highest BCUT2D eigenvalue weighted by atomic mass is 32.2. The quantitative estimate of drug-likeness (QED) is 0.351. The lowest BCUT2D eigenvalue weighted by Crippen LogP contribution is -2.39. The zero-order valence-corrected chi connectivity index (χ0v) is 18.3. The lowest BCUT2D eigenvalue weighted by atomic mass is 10.1. The zero-order valence-electron chi connectivity index (χ0n) is 17.5. The lowest BCUT2D eigenvalue weighted by Gasteiger charge is -2.12. The standard InChI is InChI=1S/C21H24N6O2S/c1-14-7-5-8-16(15(14)2)26-11-9-22-20(26)30-12-6-10-27-19(28)17-18(23-13-24(17)3)25(4)21(27)29/h5,7-9,11,13H,6,10,12H2,1-4H3. The molecule has 0 fully saturated rings. The van der Waals surface area contributed by atoms with Gasteiger partial charge in [-0.05, 0) is 37.5 Å². The van der Waals surface area contributed by atoms with Gasteiger partial charge in [-0.1, -0.05) is 23.9 Å². The molecule has 0 aliphatic heterocycles. The van der Waals surface area contributed by atoms with Crippen molar-refractivity contribution in [1.82, 2.24) is 28.2 Å². The van der Waals surface area contributed by atoms with Crippen LogP contribution in [0.1, 0.15) is 17.5 Å². The molecule has 0 aliphatic rings. The minimum absolute atomic E-state index is 0.296. The third-order valence-electron chi connectivity index (χ3n) is 5.40. The van der Waals surface area contributed by atoms with Gasteiger partial charge >= 0.3 is 5.69 Å². The van der Waals surface area contributed by atoms with E-state index < -0.39 is 0 Å². The summed E-state index contributed by atoms with van der Waals surface area (Å²) in [6, 6.07) is 6.23. The Balaban J connectivity index is 1.51. The van der Waals surface area contributed by atoms with Gasteiger partial charge in [0.05, 0.1) is 12.0 Å². The number of imidazole rings is 2. The van der Waals surface area contributed by atoms with E-state index in [0.29, 0.717) is 24.1 Å². The van der Waals surface area contributed by atoms with Crippen LogP contribution in [0.15, 0.2) is 51.7 Å². The van der Waals surface area contributed by atoms with Gasteiger partial charge in [0.1, 0.15) is 0 Å². The Morgan fingerprint density at radius 2 is 1.90 bits per heavy atom. The average Bonchev–Trinajstić information content (AvgIpc) is 3.34. The summed E-state index contributed by atoms with van der Waals surface area (Å²) in [5.41, 5.74) is 3.78. The van der Waals surface area contributed by atoms with Crippen LogP contribution in [-0.2, 0) is 20.6 Å². The van der Waals surface area contributed by atoms with Gasteiger partial charge in [0.15, 0.2) is 16.3 Å². The fraction of sp³-hybridized carbons (Fsp3) is 0.333. The van der Waals surface area contributed by atoms with Crippen molar-refractivity contribution < 1.29 is 0 Å². The first-order valence-electron chi connectivity index (χ1n) is 9.73. The molecule has 0 unspecified atom stereocenters. The summed E-state index contributed by atoms with van der Waals surface area (Å²) in [4.78, 5) is 34.0. The van der Waals surface area contributed by atoms with E-state index in [1.54, 1.807) is 42.9 Å². The molecule has 0 radical (unpaired) electrons. The summed E-state index contributed by atoms with van der Waals surface area (Å²) in [5, 5.41) is 0.894. The van der Waals surface area contributed by atoms with Gasteiger partial charge in [0.2, 0.25) is 0 Å². The van der Waals surface area contributed by atoms with Crippen LogP contribution in [0.25, 0.3) is 16.9 Å². The minimum atomic E-state index is -0.340. The maximum Gasteiger partial charge on any atom is 0.332 e. The van der Waals surface area contributed by atoms with Crippen molar-refractivity contribution in [3.05, 3.63) is 68.9 Å². The minimum Gasteiger partial charge on any atom is -0.328 e. The molecule has 0 N–H and O–H groups in total. The summed E-state index contributed by atoms with van der Waals surface area (Å²) in [7, 11) is 3.40. The number of hydrogen-bond donors (Lipinski definition) is 0. The van der Waals surface area contributed by atoms with Gasteiger partial charge in [-0.25, -0.2) is 14.8 Å². The molecule has 9 heteroatoms. The number of benzene rings is 1. The van der Waals surface area contributed by atoms with Crippen molar-refractivity contribution in [2.75, 3.05) is 5.75 Å². The fourth-order valence-electron chi connectivity index (χ4n) is 3.56. The largest absolute Gasteiger partial charge is 0.332 e. The van der Waals surface area contributed by atoms with E-state index >= 15 is 0 Å². The molecule has 3 aromatic heterocycles. The SMILES string of the molecule is Cc1cccc(-n2ccnc2SCCCn2c(=O)c3c(ncn3C)n(C)c2=O)c1C. The molecule has 4 aromatic rings. The molecule has 8 nitrogen and oxygen atoms in total. The second-order valence-electron chi connectivity index (χ2n) is 7.33. The van der Waals surface area contributed by atoms with Crippen LogP contribution in [-0.4, -0.2) is 34.0 Å². The summed E-state index contributed by atoms with van der Waals surface area (Å²) in [5.74, 6) is 0.737. The van der Waals surface area contributed by atoms with E-state index in [2.05, 4.69) is 40.5 Å². The van der Waals surface area contributed by atoms with Gasteiger partial charge in [0, 0.05) is 38.8 Å². The Kier molecular flexibility index (Phi) is 5.38. The normalized spacial score (nSPS) is 11.5. The van der Waals surface area contributed by atoms with Crippen molar-refractivity contribution in [3.63, 3.8) is 0 Å². The monoisotopic (exact) mass is 424 g/mol. The van der Waals surface area contributed by atoms with Gasteiger partial charge in [0.25, 0.3) is 5.56 Å². The van der Waals surface area contributed by atoms with Crippen LogP contribution >= 0.6 is 11.8 Å². The first-order valence-corrected chi connectivity index (χ1v) is 10.7. The number of nitrogens with zero attached hydrogens (tertiary/aromatic N) is 6. The first-order chi connectivity index (χ1) is 14.4. The molecule has 0 saturated carbocycles. The Hall–Kier alpha value is -3.07. The topological polar surface area (TPSA) is 79.6 Å². The zero-order chi connectivity index (χ0) is 21.4. The second-order valence-corrected chi connectivity index (χ2v) is 8.39. The molecule has 156 valence electrons. The van der Waals surface area contributed by atoms with Crippen LogP contribution in [0.2, 0.25) is 0 Å². The molecule has 30 heavy (non-hydrogen) atoms. The number of aryl methyl sites for hydroxylation is 3. The molecular weight excluding hydrogens is 400 g/mol. The van der Waals surface area contributed by atoms with Gasteiger partial charge in [-0.15, -0.1) is 0 Å². The van der Waals surface area contributed by atoms with Gasteiger partial charge in [-0.2, -0.15) is 0 Å². The molecular formula is C21H24N6O2S. The van der Waals surface area contributed by atoms with Crippen LogP contribution in [0.4, 0.5) is 0 Å². The average molecular weight is 425 g/mol. The summed E-state index contributed by atoms with van der Waals surface area (Å²) >= 11 is 1.62. The third-order valence-corrected chi connectivity index (χ3v) is 6.45.